The predicted octanol–water partition coefficient (Wildman–Crippen LogP) is -0.217. The molecule has 1 aliphatic heterocycles. The van der Waals surface area contributed by atoms with E-state index < -0.39 is 6.04 Å². The van der Waals surface area contributed by atoms with Gasteiger partial charge in [-0.25, -0.2) is 0 Å². The highest BCUT2D eigenvalue weighted by Crippen LogP contribution is 2.25. The van der Waals surface area contributed by atoms with Gasteiger partial charge in [0.25, 0.3) is 0 Å². The molecule has 0 aliphatic carbocycles. The summed E-state index contributed by atoms with van der Waals surface area (Å²) in [5.74, 6) is -0.0115. The molecule has 2 unspecified atom stereocenters. The fourth-order valence-electron chi connectivity index (χ4n) is 1.45. The van der Waals surface area contributed by atoms with Crippen LogP contribution in [0.3, 0.4) is 0 Å². The smallest absolute Gasteiger partial charge is 0.242 e. The Balaban J connectivity index is 2.48. The molecule has 90 valence electrons. The van der Waals surface area contributed by atoms with E-state index in [2.05, 4.69) is 0 Å². The second-order valence-electron chi connectivity index (χ2n) is 3.72. The summed E-state index contributed by atoms with van der Waals surface area (Å²) in [5, 5.41) is -0.363. The van der Waals surface area contributed by atoms with Crippen LogP contribution in [0.25, 0.3) is 0 Å². The van der Waals surface area contributed by atoms with Gasteiger partial charge in [0, 0.05) is 18.7 Å². The van der Waals surface area contributed by atoms with Crippen molar-refractivity contribution >= 4 is 29.4 Å². The first kappa shape index (κ1) is 13.2. The highest BCUT2D eigenvalue weighted by atomic mass is 32.2. The normalized spacial score (nSPS) is 22.7. The summed E-state index contributed by atoms with van der Waals surface area (Å²) in [5.41, 5.74) is 5.56. The lowest BCUT2D eigenvalue weighted by atomic mass is 10.3. The molecule has 2 N–H and O–H groups in total. The van der Waals surface area contributed by atoms with Gasteiger partial charge in [-0.1, -0.05) is 0 Å². The van der Waals surface area contributed by atoms with Crippen molar-refractivity contribution in [2.24, 2.45) is 5.73 Å². The van der Waals surface area contributed by atoms with Crippen LogP contribution < -0.4 is 5.73 Å². The number of Topliss-reactive ketones (excluding diaryl/α,β-unsaturated/α-hetero) is 1. The average molecular weight is 244 g/mol. The molecular weight excluding hydrogens is 228 g/mol. The van der Waals surface area contributed by atoms with Crippen molar-refractivity contribution in [3.63, 3.8) is 0 Å². The maximum Gasteiger partial charge on any atom is 0.242 e. The van der Waals surface area contributed by atoms with Gasteiger partial charge in [-0.2, -0.15) is 0 Å². The number of ketones is 1. The Labute approximate surface area is 98.7 Å². The number of thioether (sulfide) groups is 1. The van der Waals surface area contributed by atoms with E-state index in [0.29, 0.717) is 12.3 Å². The van der Waals surface area contributed by atoms with E-state index in [-0.39, 0.29) is 29.3 Å². The van der Waals surface area contributed by atoms with Gasteiger partial charge < -0.3 is 5.73 Å². The van der Waals surface area contributed by atoms with Gasteiger partial charge >= 0.3 is 0 Å². The topological polar surface area (TPSA) is 80.5 Å². The monoisotopic (exact) mass is 244 g/mol. The van der Waals surface area contributed by atoms with E-state index in [4.69, 9.17) is 5.73 Å². The number of nitrogens with zero attached hydrogens (tertiary/aromatic N) is 1. The Kier molecular flexibility index (Phi) is 4.49. The van der Waals surface area contributed by atoms with Gasteiger partial charge in [0.05, 0.1) is 11.3 Å². The Hall–Kier alpha value is -0.880. The molecule has 1 saturated heterocycles. The van der Waals surface area contributed by atoms with Crippen molar-refractivity contribution in [3.8, 4) is 0 Å². The lowest BCUT2D eigenvalue weighted by molar-refractivity contribution is -0.137. The molecule has 0 aromatic rings. The molecule has 1 heterocycles. The molecular formula is C10H16N2O3S. The minimum absolute atomic E-state index is 0.100. The molecule has 1 fully saturated rings. The summed E-state index contributed by atoms with van der Waals surface area (Å²) < 4.78 is 0. The second kappa shape index (κ2) is 5.45. The summed E-state index contributed by atoms with van der Waals surface area (Å²) in [4.78, 5) is 35.2. The predicted molar refractivity (Wildman–Crippen MR) is 61.9 cm³/mol. The van der Waals surface area contributed by atoms with Crippen LogP contribution in [-0.2, 0) is 14.4 Å². The number of likely N-dealkylation sites (tertiary alicyclic amines) is 1. The van der Waals surface area contributed by atoms with Crippen LogP contribution in [-0.4, -0.2) is 46.1 Å². The Morgan fingerprint density at radius 1 is 1.62 bits per heavy atom. The molecule has 0 bridgehead atoms. The molecule has 16 heavy (non-hydrogen) atoms. The Morgan fingerprint density at radius 3 is 2.69 bits per heavy atom. The van der Waals surface area contributed by atoms with Crippen LogP contribution in [0.4, 0.5) is 0 Å². The minimum Gasteiger partial charge on any atom is -0.321 e. The highest BCUT2D eigenvalue weighted by Gasteiger charge is 2.37. The fourth-order valence-corrected chi connectivity index (χ4v) is 2.66. The number of nitrogens with two attached hydrogens (primary N) is 1. The average Bonchev–Trinajstić information content (AvgIpc) is 2.50. The van der Waals surface area contributed by atoms with Crippen molar-refractivity contribution in [1.29, 1.82) is 0 Å². The number of imide groups is 1. The number of amides is 2. The van der Waals surface area contributed by atoms with Crippen LogP contribution in [0.15, 0.2) is 0 Å². The van der Waals surface area contributed by atoms with Gasteiger partial charge in [0.1, 0.15) is 5.78 Å². The highest BCUT2D eigenvalue weighted by molar-refractivity contribution is 8.00. The van der Waals surface area contributed by atoms with Crippen LogP contribution >= 0.6 is 11.8 Å². The van der Waals surface area contributed by atoms with E-state index in [1.54, 1.807) is 6.92 Å². The third kappa shape index (κ3) is 2.82. The van der Waals surface area contributed by atoms with Crippen LogP contribution in [0, 0.1) is 0 Å². The van der Waals surface area contributed by atoms with Crippen LogP contribution in [0.2, 0.25) is 0 Å². The molecule has 1 aliphatic rings. The van der Waals surface area contributed by atoms with E-state index in [1.807, 2.05) is 0 Å². The third-order valence-electron chi connectivity index (χ3n) is 2.52. The number of rotatable bonds is 5. The van der Waals surface area contributed by atoms with E-state index in [9.17, 15) is 14.4 Å². The zero-order valence-corrected chi connectivity index (χ0v) is 10.3. The number of hydrogen-bond acceptors (Lipinski definition) is 5. The maximum absolute atomic E-state index is 11.7. The quantitative estimate of drug-likeness (QED) is 0.676. The van der Waals surface area contributed by atoms with Gasteiger partial charge in [-0.3, -0.25) is 19.3 Å². The first-order chi connectivity index (χ1) is 7.47. The maximum atomic E-state index is 11.7. The molecule has 5 nitrogen and oxygen atoms in total. The molecule has 0 saturated carbocycles. The van der Waals surface area contributed by atoms with Gasteiger partial charge in [0.2, 0.25) is 11.8 Å². The zero-order valence-electron chi connectivity index (χ0n) is 9.43. The Morgan fingerprint density at radius 2 is 2.25 bits per heavy atom. The third-order valence-corrected chi connectivity index (χ3v) is 3.84. The summed E-state index contributed by atoms with van der Waals surface area (Å²) in [6.07, 6.45) is 0.224. The van der Waals surface area contributed by atoms with Crippen LogP contribution in [0.1, 0.15) is 20.3 Å². The van der Waals surface area contributed by atoms with Crippen molar-refractivity contribution in [2.75, 3.05) is 12.3 Å². The molecule has 2 atom stereocenters. The molecule has 2 amide bonds. The summed E-state index contributed by atoms with van der Waals surface area (Å²) in [6, 6.07) is -0.552. The number of hydrogen-bond donors (Lipinski definition) is 1. The molecule has 0 aromatic heterocycles. The standard InChI is InChI=1S/C10H16N2O3S/c1-3-12-9(14)4-8(10(12)15)16-5-7(11)6(2)13/h7-8H,3-5,11H2,1-2H3. The Bertz CT molecular complexity index is 319. The van der Waals surface area contributed by atoms with Crippen molar-refractivity contribution in [3.05, 3.63) is 0 Å². The van der Waals surface area contributed by atoms with Gasteiger partial charge in [-0.15, -0.1) is 11.8 Å². The minimum atomic E-state index is -0.552. The largest absolute Gasteiger partial charge is 0.321 e. The van der Waals surface area contributed by atoms with Crippen molar-refractivity contribution in [1.82, 2.24) is 4.90 Å². The van der Waals surface area contributed by atoms with Crippen molar-refractivity contribution < 1.29 is 14.4 Å². The number of carbonyl (C=O) groups is 3. The van der Waals surface area contributed by atoms with E-state index in [0.717, 1.165) is 0 Å². The summed E-state index contributed by atoms with van der Waals surface area (Å²) in [6.45, 7) is 3.60. The molecule has 0 spiro atoms. The summed E-state index contributed by atoms with van der Waals surface area (Å²) in [7, 11) is 0. The van der Waals surface area contributed by atoms with E-state index in [1.165, 1.54) is 23.6 Å². The molecule has 6 heteroatoms. The second-order valence-corrected chi connectivity index (χ2v) is 4.96. The fraction of sp³-hybridized carbons (Fsp3) is 0.700. The SMILES string of the molecule is CCN1C(=O)CC(SCC(N)C(C)=O)C1=O. The lowest BCUT2D eigenvalue weighted by Crippen LogP contribution is -2.34. The molecule has 0 radical (unpaired) electrons. The molecule has 0 aromatic carbocycles. The molecule has 1 rings (SSSR count). The first-order valence-corrected chi connectivity index (χ1v) is 6.24. The van der Waals surface area contributed by atoms with Gasteiger partial charge in [-0.05, 0) is 13.8 Å². The van der Waals surface area contributed by atoms with E-state index >= 15 is 0 Å². The van der Waals surface area contributed by atoms with Crippen molar-refractivity contribution in [2.45, 2.75) is 31.6 Å². The lowest BCUT2D eigenvalue weighted by Gasteiger charge is -2.13. The van der Waals surface area contributed by atoms with Crippen LogP contribution in [0.5, 0.6) is 0 Å². The zero-order chi connectivity index (χ0) is 12.3. The first-order valence-electron chi connectivity index (χ1n) is 5.19. The summed E-state index contributed by atoms with van der Waals surface area (Å²) >= 11 is 1.29. The number of carbonyl (C=O) groups excluding carboxylic acids is 3. The van der Waals surface area contributed by atoms with Gasteiger partial charge in [0.15, 0.2) is 0 Å².